The second-order valence-corrected chi connectivity index (χ2v) is 5.55. The summed E-state index contributed by atoms with van der Waals surface area (Å²) >= 11 is 0. The number of likely N-dealkylation sites (tertiary alicyclic amines) is 1. The average Bonchev–Trinajstić information content (AvgIpc) is 3.01. The van der Waals surface area contributed by atoms with Gasteiger partial charge in [0.05, 0.1) is 12.6 Å². The van der Waals surface area contributed by atoms with Crippen LogP contribution < -0.4 is 10.6 Å². The molecule has 1 aliphatic rings. The predicted molar refractivity (Wildman–Crippen MR) is 87.9 cm³/mol. The van der Waals surface area contributed by atoms with Gasteiger partial charge in [-0.1, -0.05) is 30.3 Å². The minimum absolute atomic E-state index is 0.0316. The minimum atomic E-state index is -0.451. The van der Waals surface area contributed by atoms with E-state index in [-0.39, 0.29) is 11.9 Å². The Bertz CT molecular complexity index is 507. The van der Waals surface area contributed by atoms with Gasteiger partial charge in [0, 0.05) is 19.6 Å². The molecule has 1 aromatic rings. The maximum absolute atomic E-state index is 12.3. The monoisotopic (exact) mass is 319 g/mol. The molecule has 0 aliphatic carbocycles. The summed E-state index contributed by atoms with van der Waals surface area (Å²) in [4.78, 5) is 25.7. The lowest BCUT2D eigenvalue weighted by molar-refractivity contribution is -0.125. The number of ether oxygens (including phenoxy) is 1. The molecule has 1 unspecified atom stereocenters. The first-order valence-electron chi connectivity index (χ1n) is 8.17. The molecule has 0 radical (unpaired) electrons. The Balaban J connectivity index is 1.73. The zero-order valence-corrected chi connectivity index (χ0v) is 13.6. The maximum atomic E-state index is 12.3. The highest BCUT2D eigenvalue weighted by Gasteiger charge is 2.30. The SMILES string of the molecule is CCOC(=O)NCCNC(=O)C1CCCN1Cc1ccccc1. The van der Waals surface area contributed by atoms with Crippen molar-refractivity contribution in [3.05, 3.63) is 35.9 Å². The first-order valence-corrected chi connectivity index (χ1v) is 8.17. The number of hydrogen-bond donors (Lipinski definition) is 2. The topological polar surface area (TPSA) is 70.7 Å². The molecular formula is C17H25N3O3. The first kappa shape index (κ1) is 17.3. The lowest BCUT2D eigenvalue weighted by atomic mass is 10.1. The van der Waals surface area contributed by atoms with Crippen LogP contribution in [0.5, 0.6) is 0 Å². The molecule has 23 heavy (non-hydrogen) atoms. The van der Waals surface area contributed by atoms with Crippen molar-refractivity contribution in [1.82, 2.24) is 15.5 Å². The number of carbonyl (C=O) groups excluding carboxylic acids is 2. The number of nitrogens with zero attached hydrogens (tertiary/aromatic N) is 1. The predicted octanol–water partition coefficient (Wildman–Crippen LogP) is 1.51. The van der Waals surface area contributed by atoms with Gasteiger partial charge in [0.15, 0.2) is 0 Å². The average molecular weight is 319 g/mol. The molecule has 2 N–H and O–H groups in total. The van der Waals surface area contributed by atoms with Crippen molar-refractivity contribution < 1.29 is 14.3 Å². The number of alkyl carbamates (subject to hydrolysis) is 1. The van der Waals surface area contributed by atoms with Crippen molar-refractivity contribution in [2.24, 2.45) is 0 Å². The van der Waals surface area contributed by atoms with Crippen LogP contribution in [0.15, 0.2) is 30.3 Å². The summed E-state index contributed by atoms with van der Waals surface area (Å²) in [5.41, 5.74) is 1.22. The van der Waals surface area contributed by atoms with Gasteiger partial charge in [-0.15, -0.1) is 0 Å². The molecular weight excluding hydrogens is 294 g/mol. The van der Waals surface area contributed by atoms with Crippen LogP contribution in [0.4, 0.5) is 4.79 Å². The number of hydrogen-bond acceptors (Lipinski definition) is 4. The molecule has 6 nitrogen and oxygen atoms in total. The van der Waals surface area contributed by atoms with E-state index < -0.39 is 6.09 Å². The van der Waals surface area contributed by atoms with Gasteiger partial charge >= 0.3 is 6.09 Å². The molecule has 0 spiro atoms. The summed E-state index contributed by atoms with van der Waals surface area (Å²) in [5.74, 6) is 0.0316. The van der Waals surface area contributed by atoms with Gasteiger partial charge in [-0.3, -0.25) is 9.69 Å². The summed E-state index contributed by atoms with van der Waals surface area (Å²) in [7, 11) is 0. The summed E-state index contributed by atoms with van der Waals surface area (Å²) in [6, 6.07) is 10.1. The molecule has 0 aromatic heterocycles. The Morgan fingerprint density at radius 1 is 1.22 bits per heavy atom. The summed E-state index contributed by atoms with van der Waals surface area (Å²) in [6.45, 7) is 4.61. The van der Waals surface area contributed by atoms with Crippen LogP contribution in [0, 0.1) is 0 Å². The molecule has 2 rings (SSSR count). The highest BCUT2D eigenvalue weighted by atomic mass is 16.5. The molecule has 1 aliphatic heterocycles. The normalized spacial score (nSPS) is 17.7. The largest absolute Gasteiger partial charge is 0.450 e. The highest BCUT2D eigenvalue weighted by Crippen LogP contribution is 2.20. The smallest absolute Gasteiger partial charge is 0.407 e. The van der Waals surface area contributed by atoms with Gasteiger partial charge in [0.2, 0.25) is 5.91 Å². The number of amides is 2. The lowest BCUT2D eigenvalue weighted by Crippen LogP contribution is -2.45. The third kappa shape index (κ3) is 5.56. The number of benzene rings is 1. The van der Waals surface area contributed by atoms with Gasteiger partial charge in [-0.2, -0.15) is 0 Å². The van der Waals surface area contributed by atoms with Gasteiger partial charge in [0.25, 0.3) is 0 Å². The van der Waals surface area contributed by atoms with E-state index in [9.17, 15) is 9.59 Å². The minimum Gasteiger partial charge on any atom is -0.450 e. The van der Waals surface area contributed by atoms with Crippen LogP contribution in [0.3, 0.4) is 0 Å². The zero-order chi connectivity index (χ0) is 16.5. The Labute approximate surface area is 137 Å². The van der Waals surface area contributed by atoms with E-state index in [1.807, 2.05) is 18.2 Å². The van der Waals surface area contributed by atoms with Crippen molar-refractivity contribution in [1.29, 1.82) is 0 Å². The molecule has 0 saturated carbocycles. The Kier molecular flexibility index (Phi) is 6.87. The van der Waals surface area contributed by atoms with Gasteiger partial charge in [-0.25, -0.2) is 4.79 Å². The molecule has 0 bridgehead atoms. The Morgan fingerprint density at radius 2 is 1.96 bits per heavy atom. The third-order valence-corrected chi connectivity index (χ3v) is 3.86. The van der Waals surface area contributed by atoms with E-state index in [0.717, 1.165) is 25.9 Å². The molecule has 1 atom stereocenters. The second-order valence-electron chi connectivity index (χ2n) is 5.55. The molecule has 126 valence electrons. The molecule has 2 amide bonds. The number of nitrogens with one attached hydrogen (secondary N) is 2. The molecule has 1 fully saturated rings. The van der Waals surface area contributed by atoms with E-state index in [1.165, 1.54) is 5.56 Å². The van der Waals surface area contributed by atoms with Gasteiger partial charge in [0.1, 0.15) is 0 Å². The number of carbonyl (C=O) groups is 2. The van der Waals surface area contributed by atoms with E-state index in [0.29, 0.717) is 19.7 Å². The fourth-order valence-corrected chi connectivity index (χ4v) is 2.78. The molecule has 6 heteroatoms. The second kappa shape index (κ2) is 9.15. The maximum Gasteiger partial charge on any atom is 0.407 e. The number of rotatable bonds is 7. The van der Waals surface area contributed by atoms with E-state index in [1.54, 1.807) is 6.92 Å². The lowest BCUT2D eigenvalue weighted by Gasteiger charge is -2.23. The summed E-state index contributed by atoms with van der Waals surface area (Å²) in [6.07, 6.45) is 1.46. The van der Waals surface area contributed by atoms with E-state index in [2.05, 4.69) is 27.7 Å². The van der Waals surface area contributed by atoms with Crippen molar-refractivity contribution in [2.45, 2.75) is 32.4 Å². The van der Waals surface area contributed by atoms with Crippen LogP contribution in [0.1, 0.15) is 25.3 Å². The van der Waals surface area contributed by atoms with Crippen molar-refractivity contribution in [3.8, 4) is 0 Å². The Morgan fingerprint density at radius 3 is 2.70 bits per heavy atom. The molecule has 1 heterocycles. The van der Waals surface area contributed by atoms with E-state index in [4.69, 9.17) is 4.74 Å². The fraction of sp³-hybridized carbons (Fsp3) is 0.529. The van der Waals surface area contributed by atoms with Crippen LogP contribution >= 0.6 is 0 Å². The van der Waals surface area contributed by atoms with Crippen molar-refractivity contribution in [3.63, 3.8) is 0 Å². The standard InChI is InChI=1S/C17H25N3O3/c1-2-23-17(22)19-11-10-18-16(21)15-9-6-12-20(15)13-14-7-4-3-5-8-14/h3-5,7-8,15H,2,6,9-13H2,1H3,(H,18,21)(H,19,22). The van der Waals surface area contributed by atoms with Gasteiger partial charge < -0.3 is 15.4 Å². The van der Waals surface area contributed by atoms with Crippen LogP contribution in [0.2, 0.25) is 0 Å². The van der Waals surface area contributed by atoms with Gasteiger partial charge in [-0.05, 0) is 31.9 Å². The highest BCUT2D eigenvalue weighted by molar-refractivity contribution is 5.82. The van der Waals surface area contributed by atoms with Crippen LogP contribution in [-0.2, 0) is 16.1 Å². The van der Waals surface area contributed by atoms with Crippen LogP contribution in [-0.4, -0.2) is 49.2 Å². The molecule has 1 aromatic carbocycles. The van der Waals surface area contributed by atoms with E-state index >= 15 is 0 Å². The third-order valence-electron chi connectivity index (χ3n) is 3.86. The zero-order valence-electron chi connectivity index (χ0n) is 13.6. The summed E-state index contributed by atoms with van der Waals surface area (Å²) in [5, 5.41) is 5.48. The fourth-order valence-electron chi connectivity index (χ4n) is 2.78. The summed E-state index contributed by atoms with van der Waals surface area (Å²) < 4.78 is 4.76. The van der Waals surface area contributed by atoms with Crippen molar-refractivity contribution in [2.75, 3.05) is 26.2 Å². The van der Waals surface area contributed by atoms with Crippen molar-refractivity contribution >= 4 is 12.0 Å². The Hall–Kier alpha value is -2.08. The molecule has 1 saturated heterocycles. The van der Waals surface area contributed by atoms with Crippen LogP contribution in [0.25, 0.3) is 0 Å². The first-order chi connectivity index (χ1) is 11.2. The quantitative estimate of drug-likeness (QED) is 0.748.